The van der Waals surface area contributed by atoms with E-state index in [0.29, 0.717) is 24.5 Å². The summed E-state index contributed by atoms with van der Waals surface area (Å²) in [6.07, 6.45) is 3.94. The first-order valence-electron chi connectivity index (χ1n) is 8.08. The molecule has 1 N–H and O–H groups in total. The fourth-order valence-electron chi connectivity index (χ4n) is 3.68. The fourth-order valence-corrected chi connectivity index (χ4v) is 3.68. The van der Waals surface area contributed by atoms with Crippen LogP contribution >= 0.6 is 0 Å². The van der Waals surface area contributed by atoms with Gasteiger partial charge in [0.15, 0.2) is 0 Å². The number of rotatable bonds is 1. The number of fused-ring (bicyclic) bond motifs is 3. The molecular weight excluding hydrogens is 319 g/mol. The third kappa shape index (κ3) is 2.74. The van der Waals surface area contributed by atoms with Crippen molar-refractivity contribution in [1.82, 2.24) is 0 Å². The fraction of sp³-hybridized carbons (Fsp3) is 0.444. The molecule has 1 aliphatic carbocycles. The maximum Gasteiger partial charge on any atom is 0.416 e. The molecule has 1 unspecified atom stereocenters. The van der Waals surface area contributed by atoms with Crippen molar-refractivity contribution < 1.29 is 22.6 Å². The summed E-state index contributed by atoms with van der Waals surface area (Å²) in [6, 6.07) is 3.77. The van der Waals surface area contributed by atoms with E-state index in [4.69, 9.17) is 9.47 Å². The molecule has 0 bridgehead atoms. The largest absolute Gasteiger partial charge is 0.416 e. The quantitative estimate of drug-likeness (QED) is 0.837. The van der Waals surface area contributed by atoms with Gasteiger partial charge in [-0.3, -0.25) is 0 Å². The van der Waals surface area contributed by atoms with E-state index >= 15 is 0 Å². The van der Waals surface area contributed by atoms with E-state index in [1.165, 1.54) is 12.1 Å². The van der Waals surface area contributed by atoms with Crippen LogP contribution in [0.1, 0.15) is 23.7 Å². The van der Waals surface area contributed by atoms with Gasteiger partial charge in [0.25, 0.3) is 0 Å². The van der Waals surface area contributed by atoms with Gasteiger partial charge in [-0.05, 0) is 24.6 Å². The zero-order valence-electron chi connectivity index (χ0n) is 12.9. The Bertz CT molecular complexity index is 683. The Hall–Kier alpha value is -1.79. The molecular formula is C18H18F3NO2. The molecule has 0 aromatic heterocycles. The van der Waals surface area contributed by atoms with Crippen LogP contribution in [0.15, 0.2) is 42.5 Å². The van der Waals surface area contributed by atoms with Gasteiger partial charge < -0.3 is 14.8 Å². The molecule has 1 fully saturated rings. The average molecular weight is 337 g/mol. The predicted octanol–water partition coefficient (Wildman–Crippen LogP) is 4.09. The molecule has 2 heterocycles. The normalized spacial score (nSPS) is 32.0. The van der Waals surface area contributed by atoms with Crippen LogP contribution in [0.2, 0.25) is 0 Å². The first kappa shape index (κ1) is 15.7. The highest BCUT2D eigenvalue weighted by molar-refractivity contribution is 5.58. The Morgan fingerprint density at radius 2 is 1.92 bits per heavy atom. The van der Waals surface area contributed by atoms with Crippen molar-refractivity contribution in [3.8, 4) is 0 Å². The van der Waals surface area contributed by atoms with E-state index in [0.717, 1.165) is 12.5 Å². The summed E-state index contributed by atoms with van der Waals surface area (Å²) in [5.74, 6) is 0.222. The van der Waals surface area contributed by atoms with Crippen molar-refractivity contribution in [2.75, 3.05) is 18.5 Å². The van der Waals surface area contributed by atoms with E-state index in [2.05, 4.69) is 17.5 Å². The monoisotopic (exact) mass is 337 g/mol. The van der Waals surface area contributed by atoms with E-state index < -0.39 is 17.8 Å². The minimum atomic E-state index is -4.37. The van der Waals surface area contributed by atoms with Crippen LogP contribution in [-0.2, 0) is 15.7 Å². The summed E-state index contributed by atoms with van der Waals surface area (Å²) >= 11 is 0. The summed E-state index contributed by atoms with van der Waals surface area (Å²) in [5.41, 5.74) is 0.568. The van der Waals surface area contributed by atoms with Crippen molar-refractivity contribution in [1.29, 1.82) is 0 Å². The molecule has 2 aliphatic heterocycles. The predicted molar refractivity (Wildman–Crippen MR) is 83.7 cm³/mol. The topological polar surface area (TPSA) is 30.5 Å². The Morgan fingerprint density at radius 1 is 1.08 bits per heavy atom. The molecule has 1 aromatic rings. The lowest BCUT2D eigenvalue weighted by atomic mass is 9.81. The zero-order chi connectivity index (χ0) is 16.7. The van der Waals surface area contributed by atoms with Crippen LogP contribution in [0.3, 0.4) is 0 Å². The summed E-state index contributed by atoms with van der Waals surface area (Å²) in [5, 5.41) is 3.39. The van der Waals surface area contributed by atoms with Gasteiger partial charge in [-0.15, -0.1) is 0 Å². The Balaban J connectivity index is 1.72. The smallest absolute Gasteiger partial charge is 0.379 e. The summed E-state index contributed by atoms with van der Waals surface area (Å²) < 4.78 is 50.8. The molecule has 4 atom stereocenters. The van der Waals surface area contributed by atoms with Crippen LogP contribution in [-0.4, -0.2) is 25.4 Å². The number of benzene rings is 1. The van der Waals surface area contributed by atoms with Crippen LogP contribution in [0.4, 0.5) is 18.9 Å². The van der Waals surface area contributed by atoms with Gasteiger partial charge in [0.1, 0.15) is 12.2 Å². The van der Waals surface area contributed by atoms with Gasteiger partial charge in [0, 0.05) is 17.2 Å². The molecule has 0 spiro atoms. The minimum Gasteiger partial charge on any atom is -0.379 e. The molecule has 6 heteroatoms. The highest BCUT2D eigenvalue weighted by Crippen LogP contribution is 2.43. The van der Waals surface area contributed by atoms with Crippen LogP contribution in [0.5, 0.6) is 0 Å². The third-order valence-electron chi connectivity index (χ3n) is 4.83. The lowest BCUT2D eigenvalue weighted by Gasteiger charge is -2.45. The molecule has 1 aromatic carbocycles. The lowest BCUT2D eigenvalue weighted by Crippen LogP contribution is -2.51. The molecule has 3 nitrogen and oxygen atoms in total. The standard InChI is InChI=1S/C18H18F3NO2/c19-18(20,21)12-6-7-14-13(10-12)16-17(24-9-8-23-16)15(22-14)11-4-2-1-3-5-11/h1-4,6-7,10-11,15-17,22H,5,8-9H2/t11-,15?,16-,17+/m1/s1. The van der Waals surface area contributed by atoms with Crippen molar-refractivity contribution in [3.63, 3.8) is 0 Å². The van der Waals surface area contributed by atoms with Crippen molar-refractivity contribution in [2.45, 2.75) is 30.8 Å². The van der Waals surface area contributed by atoms with Crippen molar-refractivity contribution in [3.05, 3.63) is 53.6 Å². The first-order chi connectivity index (χ1) is 11.5. The molecule has 0 radical (unpaired) electrons. The minimum absolute atomic E-state index is 0.0271. The SMILES string of the molecule is FC(F)(F)c1ccc2c(c1)[C@H]1OCCO[C@H]1C([C@@H]1C=CC=CC1)N2. The molecule has 3 aliphatic rings. The van der Waals surface area contributed by atoms with Gasteiger partial charge in [0.2, 0.25) is 0 Å². The number of allylic oxidation sites excluding steroid dienone is 3. The Labute approximate surface area is 138 Å². The number of anilines is 1. The lowest BCUT2D eigenvalue weighted by molar-refractivity contribution is -0.154. The summed E-state index contributed by atoms with van der Waals surface area (Å²) in [7, 11) is 0. The van der Waals surface area contributed by atoms with Crippen molar-refractivity contribution >= 4 is 5.69 Å². The molecule has 24 heavy (non-hydrogen) atoms. The van der Waals surface area contributed by atoms with Crippen LogP contribution in [0, 0.1) is 5.92 Å². The van der Waals surface area contributed by atoms with Gasteiger partial charge in [-0.25, -0.2) is 0 Å². The van der Waals surface area contributed by atoms with Gasteiger partial charge >= 0.3 is 6.18 Å². The summed E-state index contributed by atoms with van der Waals surface area (Å²) in [4.78, 5) is 0. The molecule has 4 rings (SSSR count). The highest BCUT2D eigenvalue weighted by atomic mass is 19.4. The van der Waals surface area contributed by atoms with Gasteiger partial charge in [0.05, 0.1) is 24.8 Å². The van der Waals surface area contributed by atoms with E-state index in [-0.39, 0.29) is 18.1 Å². The molecule has 0 amide bonds. The van der Waals surface area contributed by atoms with E-state index in [1.54, 1.807) is 0 Å². The molecule has 1 saturated heterocycles. The average Bonchev–Trinajstić information content (AvgIpc) is 2.60. The number of nitrogens with one attached hydrogen (secondary N) is 1. The number of alkyl halides is 3. The second kappa shape index (κ2) is 5.93. The zero-order valence-corrected chi connectivity index (χ0v) is 12.9. The van der Waals surface area contributed by atoms with E-state index in [9.17, 15) is 13.2 Å². The van der Waals surface area contributed by atoms with Crippen LogP contribution < -0.4 is 5.32 Å². The molecule has 0 saturated carbocycles. The Kier molecular flexibility index (Phi) is 3.89. The number of halogens is 3. The maximum absolute atomic E-state index is 13.0. The first-order valence-corrected chi connectivity index (χ1v) is 8.08. The van der Waals surface area contributed by atoms with Crippen LogP contribution in [0.25, 0.3) is 0 Å². The third-order valence-corrected chi connectivity index (χ3v) is 4.83. The second-order valence-electron chi connectivity index (χ2n) is 6.31. The molecule has 128 valence electrons. The van der Waals surface area contributed by atoms with Gasteiger partial charge in [-0.1, -0.05) is 24.3 Å². The number of hydrogen-bond acceptors (Lipinski definition) is 3. The Morgan fingerprint density at radius 3 is 2.67 bits per heavy atom. The van der Waals surface area contributed by atoms with Gasteiger partial charge in [-0.2, -0.15) is 13.2 Å². The second-order valence-corrected chi connectivity index (χ2v) is 6.31. The number of ether oxygens (including phenoxy) is 2. The summed E-state index contributed by atoms with van der Waals surface area (Å²) in [6.45, 7) is 0.851. The number of hydrogen-bond donors (Lipinski definition) is 1. The maximum atomic E-state index is 13.0. The van der Waals surface area contributed by atoms with E-state index in [1.807, 2.05) is 12.2 Å². The van der Waals surface area contributed by atoms with Crippen molar-refractivity contribution in [2.24, 2.45) is 5.92 Å². The highest BCUT2D eigenvalue weighted by Gasteiger charge is 2.44.